The molecule has 0 aliphatic heterocycles. The second-order valence-corrected chi connectivity index (χ2v) is 8.89. The largest absolute Gasteiger partial charge is 0.449 e. The Morgan fingerprint density at radius 2 is 1.96 bits per heavy atom. The second-order valence-electron chi connectivity index (χ2n) is 5.83. The van der Waals surface area contributed by atoms with Crippen LogP contribution < -0.4 is 11.1 Å². The van der Waals surface area contributed by atoms with Crippen LogP contribution in [0.2, 0.25) is 0 Å². The van der Waals surface area contributed by atoms with E-state index < -0.39 is 33.7 Å². The fraction of sp³-hybridized carbons (Fsp3) is 0.235. The van der Waals surface area contributed by atoms with E-state index in [2.05, 4.69) is 5.32 Å². The molecule has 0 saturated heterocycles. The minimum atomic E-state index is -3.25. The highest BCUT2D eigenvalue weighted by molar-refractivity contribution is 7.89. The molecule has 0 spiro atoms. The monoisotopic (exact) mass is 410 g/mol. The summed E-state index contributed by atoms with van der Waals surface area (Å²) in [7, 11) is -3.25. The van der Waals surface area contributed by atoms with E-state index in [0.29, 0.717) is 5.56 Å². The first kappa shape index (κ1) is 20.6. The maximum Gasteiger partial charge on any atom is 0.338 e. The predicted molar refractivity (Wildman–Crippen MR) is 101 cm³/mol. The first-order valence-electron chi connectivity index (χ1n) is 7.72. The van der Waals surface area contributed by atoms with E-state index in [1.165, 1.54) is 31.2 Å². The number of hydrogen-bond acceptors (Lipinski definition) is 7. The fourth-order valence-corrected chi connectivity index (χ4v) is 3.77. The number of rotatable bonds is 7. The lowest BCUT2D eigenvalue weighted by molar-refractivity contribution is -0.123. The SMILES string of the molecule is C[C@@H](OC(=O)c1cccc(CS(C)(=O)=O)c1)C(=O)Nc1sccc1C(N)=O. The summed E-state index contributed by atoms with van der Waals surface area (Å²) in [6.45, 7) is 1.38. The Morgan fingerprint density at radius 3 is 2.59 bits per heavy atom. The molecule has 27 heavy (non-hydrogen) atoms. The second kappa shape index (κ2) is 8.31. The van der Waals surface area contributed by atoms with Gasteiger partial charge in [-0.25, -0.2) is 13.2 Å². The van der Waals surface area contributed by atoms with E-state index in [9.17, 15) is 22.8 Å². The molecule has 8 nitrogen and oxygen atoms in total. The molecular weight excluding hydrogens is 392 g/mol. The van der Waals surface area contributed by atoms with E-state index in [0.717, 1.165) is 17.6 Å². The highest BCUT2D eigenvalue weighted by atomic mass is 32.2. The van der Waals surface area contributed by atoms with Crippen molar-refractivity contribution in [1.82, 2.24) is 0 Å². The molecule has 3 N–H and O–H groups in total. The van der Waals surface area contributed by atoms with Crippen LogP contribution in [0.1, 0.15) is 33.2 Å². The van der Waals surface area contributed by atoms with Crippen molar-refractivity contribution in [2.24, 2.45) is 5.73 Å². The van der Waals surface area contributed by atoms with E-state index in [1.54, 1.807) is 11.4 Å². The van der Waals surface area contributed by atoms with Gasteiger partial charge in [-0.2, -0.15) is 0 Å². The minimum absolute atomic E-state index is 0.129. The van der Waals surface area contributed by atoms with Gasteiger partial charge in [0.2, 0.25) is 0 Å². The number of nitrogens with one attached hydrogen (secondary N) is 1. The van der Waals surface area contributed by atoms with Crippen molar-refractivity contribution in [1.29, 1.82) is 0 Å². The number of anilines is 1. The standard InChI is InChI=1S/C17H18N2O6S2/c1-10(15(21)19-16-13(14(18)20)6-7-26-16)25-17(22)12-5-3-4-11(8-12)9-27(2,23)24/h3-8,10H,9H2,1-2H3,(H2,18,20)(H,19,21)/t10-/m1/s1. The molecule has 2 rings (SSSR count). The number of amides is 2. The fourth-order valence-electron chi connectivity index (χ4n) is 2.19. The third-order valence-electron chi connectivity index (χ3n) is 3.41. The third-order valence-corrected chi connectivity index (χ3v) is 5.10. The van der Waals surface area contributed by atoms with Crippen molar-refractivity contribution >= 4 is 44.0 Å². The maximum atomic E-state index is 12.2. The van der Waals surface area contributed by atoms with Crippen LogP contribution in [-0.2, 0) is 25.1 Å². The lowest BCUT2D eigenvalue weighted by Crippen LogP contribution is -2.30. The van der Waals surface area contributed by atoms with E-state index in [-0.39, 0.29) is 21.9 Å². The number of nitrogens with two attached hydrogens (primary N) is 1. The molecule has 0 bridgehead atoms. The van der Waals surface area contributed by atoms with Gasteiger partial charge in [0, 0.05) is 6.26 Å². The first-order chi connectivity index (χ1) is 12.6. The molecule has 2 amide bonds. The summed E-state index contributed by atoms with van der Waals surface area (Å²) in [5.41, 5.74) is 5.95. The lowest BCUT2D eigenvalue weighted by atomic mass is 10.1. The average Bonchev–Trinajstić information content (AvgIpc) is 3.01. The Bertz CT molecular complexity index is 981. The summed E-state index contributed by atoms with van der Waals surface area (Å²) >= 11 is 1.12. The van der Waals surface area contributed by atoms with Crippen LogP contribution in [0.15, 0.2) is 35.7 Å². The van der Waals surface area contributed by atoms with Gasteiger partial charge in [-0.1, -0.05) is 12.1 Å². The summed E-state index contributed by atoms with van der Waals surface area (Å²) in [5, 5.41) is 4.36. The summed E-state index contributed by atoms with van der Waals surface area (Å²) in [6, 6.07) is 7.46. The summed E-state index contributed by atoms with van der Waals surface area (Å²) in [6.07, 6.45) is -0.0473. The van der Waals surface area contributed by atoms with E-state index >= 15 is 0 Å². The molecule has 0 fully saturated rings. The topological polar surface area (TPSA) is 133 Å². The molecule has 0 radical (unpaired) electrons. The van der Waals surface area contributed by atoms with Crippen LogP contribution >= 0.6 is 11.3 Å². The highest BCUT2D eigenvalue weighted by Gasteiger charge is 2.21. The normalized spacial score (nSPS) is 12.2. The smallest absolute Gasteiger partial charge is 0.338 e. The Balaban J connectivity index is 2.04. The van der Waals surface area contributed by atoms with Crippen LogP contribution in [0.5, 0.6) is 0 Å². The number of carbonyl (C=O) groups is 3. The summed E-state index contributed by atoms with van der Waals surface area (Å²) in [4.78, 5) is 35.7. The number of primary amides is 1. The Kier molecular flexibility index (Phi) is 6.34. The molecule has 0 aliphatic carbocycles. The molecule has 2 aromatic rings. The molecule has 0 aliphatic rings. The van der Waals surface area contributed by atoms with Gasteiger partial charge in [0.05, 0.1) is 16.9 Å². The van der Waals surface area contributed by atoms with Gasteiger partial charge in [-0.3, -0.25) is 9.59 Å². The molecule has 1 aromatic heterocycles. The van der Waals surface area contributed by atoms with Crippen LogP contribution in [0.4, 0.5) is 5.00 Å². The van der Waals surface area contributed by atoms with Crippen LogP contribution in [0.25, 0.3) is 0 Å². The Morgan fingerprint density at radius 1 is 1.26 bits per heavy atom. The number of benzene rings is 1. The van der Waals surface area contributed by atoms with Crippen LogP contribution in [0.3, 0.4) is 0 Å². The van der Waals surface area contributed by atoms with Crippen molar-refractivity contribution < 1.29 is 27.5 Å². The molecule has 1 heterocycles. The van der Waals surface area contributed by atoms with Gasteiger partial charge in [-0.15, -0.1) is 11.3 Å². The van der Waals surface area contributed by atoms with Gasteiger partial charge in [0.1, 0.15) is 5.00 Å². The number of thiophene rings is 1. The van der Waals surface area contributed by atoms with Crippen molar-refractivity contribution in [3.63, 3.8) is 0 Å². The van der Waals surface area contributed by atoms with E-state index in [1.807, 2.05) is 0 Å². The number of sulfone groups is 1. The van der Waals surface area contributed by atoms with Gasteiger partial charge in [0.25, 0.3) is 11.8 Å². The molecule has 1 atom stereocenters. The lowest BCUT2D eigenvalue weighted by Gasteiger charge is -2.13. The minimum Gasteiger partial charge on any atom is -0.449 e. The zero-order valence-corrected chi connectivity index (χ0v) is 16.2. The van der Waals surface area contributed by atoms with Crippen molar-refractivity contribution in [2.45, 2.75) is 18.8 Å². The van der Waals surface area contributed by atoms with Crippen molar-refractivity contribution in [3.05, 3.63) is 52.4 Å². The number of ether oxygens (including phenoxy) is 1. The molecule has 0 unspecified atom stereocenters. The van der Waals surface area contributed by atoms with Gasteiger partial charge >= 0.3 is 5.97 Å². The van der Waals surface area contributed by atoms with Gasteiger partial charge < -0.3 is 15.8 Å². The molecular formula is C17H18N2O6S2. The summed E-state index contributed by atoms with van der Waals surface area (Å²) in [5.74, 6) is -2.29. The van der Waals surface area contributed by atoms with Gasteiger partial charge in [-0.05, 0) is 36.1 Å². The maximum absolute atomic E-state index is 12.2. The molecule has 144 valence electrons. The number of carbonyl (C=O) groups excluding carboxylic acids is 3. The third kappa shape index (κ3) is 5.90. The molecule has 0 saturated carbocycles. The van der Waals surface area contributed by atoms with Crippen molar-refractivity contribution in [3.8, 4) is 0 Å². The Labute approximate surface area is 160 Å². The molecule has 10 heteroatoms. The van der Waals surface area contributed by atoms with Crippen molar-refractivity contribution in [2.75, 3.05) is 11.6 Å². The quantitative estimate of drug-likeness (QED) is 0.666. The predicted octanol–water partition coefficient (Wildman–Crippen LogP) is 1.58. The number of esters is 1. The van der Waals surface area contributed by atoms with E-state index in [4.69, 9.17) is 10.5 Å². The first-order valence-corrected chi connectivity index (χ1v) is 10.7. The van der Waals surface area contributed by atoms with Crippen LogP contribution in [-0.4, -0.2) is 38.6 Å². The average molecular weight is 410 g/mol. The van der Waals surface area contributed by atoms with Gasteiger partial charge in [0.15, 0.2) is 15.9 Å². The molecule has 1 aromatic carbocycles. The zero-order chi connectivity index (χ0) is 20.2. The number of hydrogen-bond donors (Lipinski definition) is 2. The van der Waals surface area contributed by atoms with Crippen LogP contribution in [0, 0.1) is 0 Å². The highest BCUT2D eigenvalue weighted by Crippen LogP contribution is 2.23. The summed E-state index contributed by atoms with van der Waals surface area (Å²) < 4.78 is 27.9. The zero-order valence-electron chi connectivity index (χ0n) is 14.6. The Hall–Kier alpha value is -2.72.